The number of benzene rings is 3. The molecule has 4 aromatic rings. The topological polar surface area (TPSA) is 79.1 Å². The summed E-state index contributed by atoms with van der Waals surface area (Å²) >= 11 is 10.8. The summed E-state index contributed by atoms with van der Waals surface area (Å²) < 4.78 is 20.0. The smallest absolute Gasteiger partial charge is 0.338 e. The molecular weight excluding hydrogens is 640 g/mol. The summed E-state index contributed by atoms with van der Waals surface area (Å²) in [6.07, 6.45) is 1.47. The summed E-state index contributed by atoms with van der Waals surface area (Å²) in [7, 11) is 1.56. The number of methoxy groups -OCH3 is 1. The van der Waals surface area contributed by atoms with E-state index in [4.69, 9.17) is 25.8 Å². The second-order valence-electron chi connectivity index (χ2n) is 9.91. The van der Waals surface area contributed by atoms with E-state index in [0.717, 1.165) is 15.6 Å². The zero-order chi connectivity index (χ0) is 30.0. The summed E-state index contributed by atoms with van der Waals surface area (Å²) in [4.78, 5) is 32.5. The Morgan fingerprint density at radius 2 is 1.83 bits per heavy atom. The Morgan fingerprint density at radius 1 is 1.12 bits per heavy atom. The molecule has 2 heterocycles. The molecule has 0 spiro atoms. The van der Waals surface area contributed by atoms with Crippen molar-refractivity contribution in [3.8, 4) is 11.5 Å². The maximum Gasteiger partial charge on any atom is 0.338 e. The molecule has 1 aliphatic rings. The number of hydrogen-bond acceptors (Lipinski definition) is 7. The summed E-state index contributed by atoms with van der Waals surface area (Å²) in [5.41, 5.74) is 2.99. The molecule has 0 radical (unpaired) electrons. The highest BCUT2D eigenvalue weighted by Crippen LogP contribution is 2.37. The van der Waals surface area contributed by atoms with Gasteiger partial charge in [0, 0.05) is 15.1 Å². The number of nitrogens with zero attached hydrogens (tertiary/aromatic N) is 2. The van der Waals surface area contributed by atoms with Crippen molar-refractivity contribution in [1.82, 2.24) is 4.57 Å². The molecule has 7 nitrogen and oxygen atoms in total. The molecule has 0 aliphatic carbocycles. The lowest BCUT2D eigenvalue weighted by atomic mass is 9.95. The van der Waals surface area contributed by atoms with Gasteiger partial charge in [0.2, 0.25) is 0 Å². The van der Waals surface area contributed by atoms with Crippen LogP contribution in [0, 0.1) is 0 Å². The number of rotatable bonds is 8. The Hall–Kier alpha value is -3.66. The van der Waals surface area contributed by atoms with Crippen LogP contribution in [-0.2, 0) is 16.1 Å². The van der Waals surface area contributed by atoms with Crippen LogP contribution in [0.15, 0.2) is 92.3 Å². The number of carbonyl (C=O) groups excluding carboxylic acids is 1. The fourth-order valence-electron chi connectivity index (χ4n) is 4.63. The van der Waals surface area contributed by atoms with Crippen LogP contribution in [-0.4, -0.2) is 23.8 Å². The van der Waals surface area contributed by atoms with E-state index in [9.17, 15) is 9.59 Å². The molecule has 216 valence electrons. The quantitative estimate of drug-likeness (QED) is 0.210. The fraction of sp³-hybridized carbons (Fsp3) is 0.219. The number of hydrogen-bond donors (Lipinski definition) is 0. The van der Waals surface area contributed by atoms with Crippen LogP contribution in [0.4, 0.5) is 0 Å². The highest BCUT2D eigenvalue weighted by Gasteiger charge is 2.35. The first-order valence-corrected chi connectivity index (χ1v) is 15.2. The molecule has 0 N–H and O–H groups in total. The van der Waals surface area contributed by atoms with Crippen molar-refractivity contribution in [3.63, 3.8) is 0 Å². The van der Waals surface area contributed by atoms with Crippen LogP contribution in [0.3, 0.4) is 0 Å². The number of thiazole rings is 1. The summed E-state index contributed by atoms with van der Waals surface area (Å²) in [6.45, 7) is 5.74. The van der Waals surface area contributed by atoms with Crippen LogP contribution in [0.1, 0.15) is 43.5 Å². The zero-order valence-electron chi connectivity index (χ0n) is 23.4. The molecule has 1 aliphatic heterocycles. The lowest BCUT2D eigenvalue weighted by Crippen LogP contribution is -2.40. The molecule has 10 heteroatoms. The van der Waals surface area contributed by atoms with Gasteiger partial charge in [-0.25, -0.2) is 9.79 Å². The zero-order valence-corrected chi connectivity index (χ0v) is 26.5. The minimum absolute atomic E-state index is 0.267. The van der Waals surface area contributed by atoms with E-state index >= 15 is 0 Å². The van der Waals surface area contributed by atoms with Gasteiger partial charge in [-0.1, -0.05) is 63.1 Å². The van der Waals surface area contributed by atoms with E-state index < -0.39 is 12.0 Å². The van der Waals surface area contributed by atoms with Crippen LogP contribution in [0.5, 0.6) is 11.5 Å². The predicted octanol–water partition coefficient (Wildman–Crippen LogP) is 6.19. The van der Waals surface area contributed by atoms with E-state index in [1.165, 1.54) is 11.3 Å². The van der Waals surface area contributed by atoms with Crippen molar-refractivity contribution in [2.45, 2.75) is 39.5 Å². The second-order valence-corrected chi connectivity index (χ2v) is 12.3. The molecule has 0 bridgehead atoms. The van der Waals surface area contributed by atoms with E-state index in [0.29, 0.717) is 49.3 Å². The van der Waals surface area contributed by atoms with Gasteiger partial charge in [-0.3, -0.25) is 9.36 Å². The van der Waals surface area contributed by atoms with Crippen molar-refractivity contribution in [3.05, 3.63) is 124 Å². The van der Waals surface area contributed by atoms with Gasteiger partial charge in [-0.2, -0.15) is 0 Å². The Labute approximate surface area is 260 Å². The van der Waals surface area contributed by atoms with Crippen molar-refractivity contribution < 1.29 is 19.0 Å². The molecule has 1 aromatic heterocycles. The van der Waals surface area contributed by atoms with Crippen LogP contribution < -0.4 is 24.4 Å². The lowest BCUT2D eigenvalue weighted by molar-refractivity contribution is -0.143. The highest BCUT2D eigenvalue weighted by molar-refractivity contribution is 9.10. The molecular formula is C32H28BrClN2O5S. The molecule has 0 saturated carbocycles. The van der Waals surface area contributed by atoms with Crippen molar-refractivity contribution in [2.75, 3.05) is 7.11 Å². The summed E-state index contributed by atoms with van der Waals surface area (Å²) in [5, 5.41) is 0.678. The maximum atomic E-state index is 14.0. The number of esters is 1. The van der Waals surface area contributed by atoms with Crippen LogP contribution in [0.2, 0.25) is 5.02 Å². The second kappa shape index (κ2) is 12.7. The lowest BCUT2D eigenvalue weighted by Gasteiger charge is -2.26. The average molecular weight is 668 g/mol. The molecule has 0 amide bonds. The number of ether oxygens (including phenoxy) is 3. The average Bonchev–Trinajstić information content (AvgIpc) is 3.26. The maximum absolute atomic E-state index is 14.0. The van der Waals surface area contributed by atoms with E-state index in [1.54, 1.807) is 38.5 Å². The largest absolute Gasteiger partial charge is 0.496 e. The molecule has 3 aromatic carbocycles. The molecule has 1 atom stereocenters. The first-order valence-electron chi connectivity index (χ1n) is 13.2. The Morgan fingerprint density at radius 3 is 2.50 bits per heavy atom. The van der Waals surface area contributed by atoms with Crippen molar-refractivity contribution in [1.29, 1.82) is 0 Å². The van der Waals surface area contributed by atoms with Crippen LogP contribution >= 0.6 is 38.9 Å². The predicted molar refractivity (Wildman–Crippen MR) is 168 cm³/mol. The van der Waals surface area contributed by atoms with Gasteiger partial charge in [0.1, 0.15) is 24.1 Å². The number of halogens is 2. The van der Waals surface area contributed by atoms with Crippen molar-refractivity contribution >= 4 is 50.9 Å². The molecule has 0 fully saturated rings. The standard InChI is InChI=1S/C32H28BrClN2O5S/c1-18(2)41-31(38)28-19(3)35-32-36(29(28)25-16-22(33)9-14-26(25)39-4)30(37)27(42-32)15-20-7-12-24(13-8-20)40-17-21-5-10-23(34)11-6-21/h5-16,18,29H,17H2,1-4H3/b27-15-/t29-/m0/s1. The Balaban J connectivity index is 1.53. The third kappa shape index (κ3) is 6.38. The first-order chi connectivity index (χ1) is 20.1. The number of aromatic nitrogens is 1. The van der Waals surface area contributed by atoms with Gasteiger partial charge < -0.3 is 14.2 Å². The van der Waals surface area contributed by atoms with Gasteiger partial charge in [0.05, 0.1) is 29.0 Å². The van der Waals surface area contributed by atoms with Gasteiger partial charge in [-0.05, 0) is 80.4 Å². The monoisotopic (exact) mass is 666 g/mol. The van der Waals surface area contributed by atoms with Gasteiger partial charge in [0.25, 0.3) is 5.56 Å². The molecule has 5 rings (SSSR count). The minimum atomic E-state index is -0.786. The van der Waals surface area contributed by atoms with Crippen molar-refractivity contribution in [2.24, 2.45) is 4.99 Å². The Kier molecular flexibility index (Phi) is 9.01. The van der Waals surface area contributed by atoms with Gasteiger partial charge in [0.15, 0.2) is 4.80 Å². The normalized spacial score (nSPS) is 14.9. The number of carbonyl (C=O) groups is 1. The molecule has 0 saturated heterocycles. The third-order valence-corrected chi connectivity index (χ3v) is 8.30. The third-order valence-electron chi connectivity index (χ3n) is 6.57. The first kappa shape index (κ1) is 29.8. The molecule has 42 heavy (non-hydrogen) atoms. The van der Waals surface area contributed by atoms with Crippen LogP contribution in [0.25, 0.3) is 6.08 Å². The summed E-state index contributed by atoms with van der Waals surface area (Å²) in [5.74, 6) is 0.715. The highest BCUT2D eigenvalue weighted by atomic mass is 79.9. The number of allylic oxidation sites excluding steroid dienone is 1. The Bertz CT molecular complexity index is 1840. The van der Waals surface area contributed by atoms with Gasteiger partial charge in [-0.15, -0.1) is 0 Å². The summed E-state index contributed by atoms with van der Waals surface area (Å²) in [6, 6.07) is 19.7. The van der Waals surface area contributed by atoms with E-state index in [-0.39, 0.29) is 11.7 Å². The van der Waals surface area contributed by atoms with E-state index in [1.807, 2.05) is 66.7 Å². The minimum Gasteiger partial charge on any atom is -0.496 e. The molecule has 0 unspecified atom stereocenters. The SMILES string of the molecule is COc1ccc(Br)cc1[C@H]1C(C(=O)OC(C)C)=C(C)N=c2s/c(=C\c3ccc(OCc4ccc(Cl)cc4)cc3)c(=O)n21. The fourth-order valence-corrected chi connectivity index (χ4v) is 6.18. The van der Waals surface area contributed by atoms with Gasteiger partial charge >= 0.3 is 5.97 Å². The number of fused-ring (bicyclic) bond motifs is 1. The van der Waals surface area contributed by atoms with E-state index in [2.05, 4.69) is 20.9 Å².